The Kier molecular flexibility index (Phi) is 5.82. The molecular formula is C23H21FN6O2S. The van der Waals surface area contributed by atoms with Gasteiger partial charge in [-0.05, 0) is 24.3 Å². The van der Waals surface area contributed by atoms with Gasteiger partial charge in [-0.2, -0.15) is 5.10 Å². The number of thioether (sulfide) groups is 1. The van der Waals surface area contributed by atoms with E-state index in [4.69, 9.17) is 0 Å². The maximum atomic E-state index is 14.1. The molecule has 2 aromatic carbocycles. The number of amides is 1. The Balaban J connectivity index is 1.31. The molecule has 1 fully saturated rings. The third-order valence-corrected chi connectivity index (χ3v) is 6.54. The maximum Gasteiger partial charge on any atom is 0.269 e. The number of aromatic amines is 1. The van der Waals surface area contributed by atoms with Gasteiger partial charge in [0.05, 0.1) is 23.3 Å². The lowest BCUT2D eigenvalue weighted by Crippen LogP contribution is -2.49. The van der Waals surface area contributed by atoms with Crippen LogP contribution in [0.3, 0.4) is 0 Å². The van der Waals surface area contributed by atoms with Gasteiger partial charge in [-0.3, -0.25) is 19.3 Å². The minimum atomic E-state index is -0.257. The predicted octanol–water partition coefficient (Wildman–Crippen LogP) is 2.69. The fourth-order valence-electron chi connectivity index (χ4n) is 3.90. The molecule has 0 unspecified atom stereocenters. The number of benzene rings is 2. The molecule has 4 aromatic rings. The van der Waals surface area contributed by atoms with Crippen LogP contribution in [0.5, 0.6) is 0 Å². The summed E-state index contributed by atoms with van der Waals surface area (Å²) in [5.41, 5.74) is 1.38. The van der Waals surface area contributed by atoms with Gasteiger partial charge in [-0.25, -0.2) is 9.37 Å². The normalized spacial score (nSPS) is 14.1. The summed E-state index contributed by atoms with van der Waals surface area (Å²) in [5, 5.41) is 7.47. The van der Waals surface area contributed by atoms with E-state index < -0.39 is 0 Å². The molecule has 2 aromatic heterocycles. The van der Waals surface area contributed by atoms with Gasteiger partial charge in [-0.15, -0.1) is 0 Å². The van der Waals surface area contributed by atoms with Crippen LogP contribution in [0.25, 0.3) is 16.7 Å². The topological polar surface area (TPSA) is 87.1 Å². The lowest BCUT2D eigenvalue weighted by Gasteiger charge is -2.36. The van der Waals surface area contributed by atoms with Crippen molar-refractivity contribution in [2.45, 2.75) is 5.16 Å². The van der Waals surface area contributed by atoms with Crippen molar-refractivity contribution in [2.75, 3.05) is 36.8 Å². The molecule has 1 amide bonds. The Morgan fingerprint density at radius 3 is 2.52 bits per heavy atom. The van der Waals surface area contributed by atoms with Crippen LogP contribution in [0.4, 0.5) is 10.1 Å². The second kappa shape index (κ2) is 9.07. The van der Waals surface area contributed by atoms with Crippen molar-refractivity contribution < 1.29 is 9.18 Å². The van der Waals surface area contributed by atoms with Crippen LogP contribution < -0.4 is 10.5 Å². The van der Waals surface area contributed by atoms with Crippen LogP contribution in [0, 0.1) is 5.82 Å². The molecule has 5 rings (SSSR count). The molecule has 0 bridgehead atoms. The number of rotatable bonds is 5. The van der Waals surface area contributed by atoms with Crippen molar-refractivity contribution in [2.24, 2.45) is 0 Å². The van der Waals surface area contributed by atoms with Crippen LogP contribution in [-0.2, 0) is 4.79 Å². The highest BCUT2D eigenvalue weighted by Gasteiger charge is 2.24. The Bertz CT molecular complexity index is 1350. The monoisotopic (exact) mass is 464 g/mol. The number of para-hydroxylation sites is 2. The quantitative estimate of drug-likeness (QED) is 0.361. The summed E-state index contributed by atoms with van der Waals surface area (Å²) in [4.78, 5) is 34.2. The fraction of sp³-hybridized carbons (Fsp3) is 0.217. The van der Waals surface area contributed by atoms with E-state index >= 15 is 0 Å². The van der Waals surface area contributed by atoms with Crippen LogP contribution in [-0.4, -0.2) is 62.5 Å². The highest BCUT2D eigenvalue weighted by atomic mass is 32.2. The van der Waals surface area contributed by atoms with E-state index in [9.17, 15) is 14.0 Å². The zero-order chi connectivity index (χ0) is 22.8. The fourth-order valence-corrected chi connectivity index (χ4v) is 4.81. The molecule has 10 heteroatoms. The Hall–Kier alpha value is -3.66. The first-order chi connectivity index (χ1) is 16.1. The van der Waals surface area contributed by atoms with Gasteiger partial charge in [0.2, 0.25) is 5.91 Å². The lowest BCUT2D eigenvalue weighted by atomic mass is 10.2. The summed E-state index contributed by atoms with van der Waals surface area (Å²) in [6, 6.07) is 15.9. The summed E-state index contributed by atoms with van der Waals surface area (Å²) >= 11 is 1.21. The summed E-state index contributed by atoms with van der Waals surface area (Å²) < 4.78 is 15.6. The average molecular weight is 465 g/mol. The van der Waals surface area contributed by atoms with Crippen LogP contribution in [0.15, 0.2) is 70.7 Å². The second-order valence-electron chi connectivity index (χ2n) is 7.61. The molecule has 3 heterocycles. The number of nitrogens with one attached hydrogen (secondary N) is 1. The van der Waals surface area contributed by atoms with Crippen molar-refractivity contribution in [3.05, 3.63) is 77.0 Å². The Morgan fingerprint density at radius 1 is 1.03 bits per heavy atom. The van der Waals surface area contributed by atoms with Crippen LogP contribution in [0.1, 0.15) is 0 Å². The Morgan fingerprint density at radius 2 is 1.76 bits per heavy atom. The number of hydrogen-bond acceptors (Lipinski definition) is 6. The number of aromatic nitrogens is 4. The third kappa shape index (κ3) is 4.21. The second-order valence-corrected chi connectivity index (χ2v) is 8.55. The summed E-state index contributed by atoms with van der Waals surface area (Å²) in [5.74, 6) is -0.169. The van der Waals surface area contributed by atoms with Crippen molar-refractivity contribution in [3.8, 4) is 5.69 Å². The number of fused-ring (bicyclic) bond motifs is 1. The van der Waals surface area contributed by atoms with E-state index in [1.165, 1.54) is 28.6 Å². The van der Waals surface area contributed by atoms with Crippen molar-refractivity contribution in [1.29, 1.82) is 0 Å². The van der Waals surface area contributed by atoms with Gasteiger partial charge < -0.3 is 9.80 Å². The van der Waals surface area contributed by atoms with Crippen molar-refractivity contribution >= 4 is 34.4 Å². The SMILES string of the molecule is O=C(CSc1nc2[nH]ncc2c(=O)n1-c1ccccc1)N1CCN(c2ccccc2F)CC1. The minimum absolute atomic E-state index is 0.0493. The zero-order valence-electron chi connectivity index (χ0n) is 17.6. The molecule has 1 aliphatic rings. The molecule has 33 heavy (non-hydrogen) atoms. The molecule has 8 nitrogen and oxygen atoms in total. The van der Waals surface area contributed by atoms with E-state index in [2.05, 4.69) is 15.2 Å². The van der Waals surface area contributed by atoms with E-state index in [-0.39, 0.29) is 23.0 Å². The molecular weight excluding hydrogens is 443 g/mol. The highest BCUT2D eigenvalue weighted by Crippen LogP contribution is 2.23. The van der Waals surface area contributed by atoms with Gasteiger partial charge in [0.25, 0.3) is 5.56 Å². The molecule has 0 spiro atoms. The van der Waals surface area contributed by atoms with Gasteiger partial charge >= 0.3 is 0 Å². The first-order valence-electron chi connectivity index (χ1n) is 10.5. The number of carbonyl (C=O) groups excluding carboxylic acids is 1. The van der Waals surface area contributed by atoms with E-state index in [0.717, 1.165) is 0 Å². The van der Waals surface area contributed by atoms with Gasteiger partial charge in [0, 0.05) is 26.2 Å². The standard InChI is InChI=1S/C23H21FN6O2S/c24-18-8-4-5-9-19(18)28-10-12-29(13-11-28)20(31)15-33-23-26-21-17(14-25-27-21)22(32)30(23)16-6-2-1-3-7-16/h1-9,14H,10-13,15H2,(H,25,27). The van der Waals surface area contributed by atoms with Gasteiger partial charge in [0.1, 0.15) is 11.2 Å². The number of halogens is 1. The Labute approximate surface area is 193 Å². The summed E-state index contributed by atoms with van der Waals surface area (Å²) in [7, 11) is 0. The van der Waals surface area contributed by atoms with Gasteiger partial charge in [0.15, 0.2) is 10.8 Å². The summed E-state index contributed by atoms with van der Waals surface area (Å²) in [6.45, 7) is 2.13. The van der Waals surface area contributed by atoms with E-state index in [0.29, 0.717) is 53.7 Å². The van der Waals surface area contributed by atoms with Crippen LogP contribution >= 0.6 is 11.8 Å². The number of H-pyrrole nitrogens is 1. The van der Waals surface area contributed by atoms with E-state index in [1.54, 1.807) is 17.0 Å². The van der Waals surface area contributed by atoms with E-state index in [1.807, 2.05) is 41.3 Å². The molecule has 0 saturated carbocycles. The van der Waals surface area contributed by atoms with Gasteiger partial charge in [-0.1, -0.05) is 42.1 Å². The van der Waals surface area contributed by atoms with Crippen molar-refractivity contribution in [3.63, 3.8) is 0 Å². The largest absolute Gasteiger partial charge is 0.366 e. The molecule has 168 valence electrons. The smallest absolute Gasteiger partial charge is 0.269 e. The highest BCUT2D eigenvalue weighted by molar-refractivity contribution is 7.99. The number of nitrogens with zero attached hydrogens (tertiary/aromatic N) is 5. The number of anilines is 1. The zero-order valence-corrected chi connectivity index (χ0v) is 18.5. The molecule has 1 saturated heterocycles. The number of carbonyl (C=O) groups is 1. The number of hydrogen-bond donors (Lipinski definition) is 1. The molecule has 0 atom stereocenters. The lowest BCUT2D eigenvalue weighted by molar-refractivity contribution is -0.128. The van der Waals surface area contributed by atoms with Crippen LogP contribution in [0.2, 0.25) is 0 Å². The first-order valence-corrected chi connectivity index (χ1v) is 11.5. The molecule has 1 N–H and O–H groups in total. The minimum Gasteiger partial charge on any atom is -0.366 e. The third-order valence-electron chi connectivity index (χ3n) is 5.62. The maximum absolute atomic E-state index is 14.1. The summed E-state index contributed by atoms with van der Waals surface area (Å²) in [6.07, 6.45) is 1.46. The first kappa shape index (κ1) is 21.2. The average Bonchev–Trinajstić information content (AvgIpc) is 3.33. The number of piperazine rings is 1. The predicted molar refractivity (Wildman–Crippen MR) is 125 cm³/mol. The molecule has 0 aliphatic carbocycles. The van der Waals surface area contributed by atoms with Crippen molar-refractivity contribution in [1.82, 2.24) is 24.6 Å². The molecule has 1 aliphatic heterocycles. The molecule has 0 radical (unpaired) electrons.